The van der Waals surface area contributed by atoms with Gasteiger partial charge in [-0.1, -0.05) is 6.58 Å². The van der Waals surface area contributed by atoms with E-state index in [0.717, 1.165) is 6.92 Å². The average molecular weight is 560 g/mol. The minimum absolute atomic E-state index is 0.518. The third-order valence-corrected chi connectivity index (χ3v) is 3.91. The van der Waals surface area contributed by atoms with Gasteiger partial charge < -0.3 is 14.6 Å². The molecule has 0 amide bonds. The molecule has 0 heterocycles. The molecule has 0 rings (SSSR count). The van der Waals surface area contributed by atoms with Crippen LogP contribution in [0.5, 0.6) is 0 Å². The molecule has 1 unspecified atom stereocenters. The van der Waals surface area contributed by atoms with Gasteiger partial charge in [-0.3, -0.25) is 0 Å². The van der Waals surface area contributed by atoms with E-state index in [4.69, 9.17) is 5.11 Å². The van der Waals surface area contributed by atoms with Crippen molar-refractivity contribution < 1.29 is 89.6 Å². The van der Waals surface area contributed by atoms with Crippen molar-refractivity contribution >= 4 is 5.97 Å². The minimum Gasteiger partial charge on any atom is -0.454 e. The lowest BCUT2D eigenvalue weighted by molar-refractivity contribution is -0.470. The van der Waals surface area contributed by atoms with E-state index in [-0.39, 0.29) is 0 Å². The molecule has 0 aromatic rings. The Morgan fingerprint density at radius 1 is 0.771 bits per heavy atom. The highest BCUT2D eigenvalue weighted by atomic mass is 19.4. The maximum absolute atomic E-state index is 13.6. The highest BCUT2D eigenvalue weighted by Crippen LogP contribution is 2.62. The molecule has 0 aliphatic carbocycles. The molecule has 4 nitrogen and oxygen atoms in total. The Morgan fingerprint density at radius 2 is 1.14 bits per heavy atom. The maximum Gasteiger partial charge on any atom is 0.426 e. The van der Waals surface area contributed by atoms with Gasteiger partial charge in [-0.05, 0) is 6.92 Å². The number of hydrogen-bond acceptors (Lipinski definition) is 4. The summed E-state index contributed by atoms with van der Waals surface area (Å²) in [4.78, 5) is 11.1. The molecule has 0 fully saturated rings. The summed E-state index contributed by atoms with van der Waals surface area (Å²) in [6.07, 6.45) is -15.4. The summed E-state index contributed by atoms with van der Waals surface area (Å²) >= 11 is 0. The summed E-state index contributed by atoms with van der Waals surface area (Å²) in [6.45, 7) is 0.0302. The maximum atomic E-state index is 13.6. The van der Waals surface area contributed by atoms with Gasteiger partial charge in [0.15, 0.2) is 0 Å². The second-order valence-electron chi connectivity index (χ2n) is 6.61. The number of ether oxygens (including phenoxy) is 2. The van der Waals surface area contributed by atoms with E-state index in [0.29, 0.717) is 0 Å². The van der Waals surface area contributed by atoms with Crippen molar-refractivity contribution in [3.63, 3.8) is 0 Å². The summed E-state index contributed by atoms with van der Waals surface area (Å²) in [7, 11) is 0. The molecule has 0 aliphatic heterocycles. The predicted octanol–water partition coefficient (Wildman–Crippen LogP) is 5.15. The Hall–Kier alpha value is -1.99. The van der Waals surface area contributed by atoms with Crippen LogP contribution >= 0.6 is 0 Å². The molecule has 1 N–H and O–H groups in total. The summed E-state index contributed by atoms with van der Waals surface area (Å²) in [5.41, 5.74) is -0.518. The van der Waals surface area contributed by atoms with Gasteiger partial charge in [0.2, 0.25) is 0 Å². The Labute approximate surface area is 183 Å². The average Bonchev–Trinajstić information content (AvgIpc) is 2.69. The number of hydrogen-bond donors (Lipinski definition) is 1. The molecule has 0 radical (unpaired) electrons. The van der Waals surface area contributed by atoms with Crippen molar-refractivity contribution in [3.8, 4) is 0 Å². The number of alkyl halides is 16. The quantitative estimate of drug-likeness (QED) is 0.192. The SMILES string of the molecule is C=C(C)C(=O)OC(CO)COC(F)(F)C(F)(F)C(F)(F)C(F)(F)C(F)(F)C(F)(F)C(F)(F)C(F)F. The van der Waals surface area contributed by atoms with Crippen LogP contribution in [0, 0.1) is 0 Å². The highest BCUT2D eigenvalue weighted by Gasteiger charge is 2.94. The van der Waals surface area contributed by atoms with Crippen LogP contribution in [0.15, 0.2) is 12.2 Å². The van der Waals surface area contributed by atoms with Crippen LogP contribution in [-0.4, -0.2) is 78.5 Å². The Bertz CT molecular complexity index is 779. The first-order valence-electron chi connectivity index (χ1n) is 8.24. The third-order valence-electron chi connectivity index (χ3n) is 3.91. The molecular formula is C15H12F16O4. The lowest BCUT2D eigenvalue weighted by Gasteiger charge is -2.42. The molecule has 20 heteroatoms. The second kappa shape index (κ2) is 9.81. The fourth-order valence-electron chi connectivity index (χ4n) is 1.78. The van der Waals surface area contributed by atoms with Crippen molar-refractivity contribution in [2.45, 2.75) is 61.1 Å². The van der Waals surface area contributed by atoms with Crippen LogP contribution in [0.25, 0.3) is 0 Å². The number of carbonyl (C=O) groups excluding carboxylic acids is 1. The summed E-state index contributed by atoms with van der Waals surface area (Å²) in [5.74, 6) is -50.6. The molecule has 1 atom stereocenters. The van der Waals surface area contributed by atoms with Gasteiger partial charge in [0.05, 0.1) is 13.2 Å². The van der Waals surface area contributed by atoms with Gasteiger partial charge in [-0.15, -0.1) is 0 Å². The normalized spacial score (nSPS) is 15.9. The highest BCUT2D eigenvalue weighted by molar-refractivity contribution is 5.87. The summed E-state index contributed by atoms with van der Waals surface area (Å²) in [5, 5.41) is 8.76. The first kappa shape index (κ1) is 33.0. The molecule has 0 aromatic carbocycles. The molecule has 0 aliphatic rings. The van der Waals surface area contributed by atoms with Crippen molar-refractivity contribution in [1.82, 2.24) is 0 Å². The molecule has 0 saturated carbocycles. The van der Waals surface area contributed by atoms with Crippen molar-refractivity contribution in [1.29, 1.82) is 0 Å². The Morgan fingerprint density at radius 3 is 1.49 bits per heavy atom. The number of rotatable bonds is 13. The number of esters is 1. The monoisotopic (exact) mass is 560 g/mol. The van der Waals surface area contributed by atoms with E-state index in [1.54, 1.807) is 0 Å². The number of aliphatic hydroxyl groups excluding tert-OH is 1. The van der Waals surface area contributed by atoms with Crippen molar-refractivity contribution in [3.05, 3.63) is 12.2 Å². The largest absolute Gasteiger partial charge is 0.454 e. The zero-order valence-corrected chi connectivity index (χ0v) is 16.5. The Kier molecular flexibility index (Phi) is 9.25. The standard InChI is InChI=1S/C15H12F16O4/c1-5(2)7(33)35-6(3-32)4-34-15(30,31)14(28,29)13(26,27)12(24,25)11(22,23)10(20,21)9(18,19)8(16)17/h6,8,32H,1,3-4H2,2H3. The number of carbonyl (C=O) groups is 1. The molecule has 208 valence electrons. The number of aliphatic hydroxyl groups is 1. The predicted molar refractivity (Wildman–Crippen MR) is 78.4 cm³/mol. The van der Waals surface area contributed by atoms with Crippen LogP contribution in [0.4, 0.5) is 70.2 Å². The number of halogens is 16. The fraction of sp³-hybridized carbons (Fsp3) is 0.800. The first-order valence-corrected chi connectivity index (χ1v) is 8.24. The van der Waals surface area contributed by atoms with Gasteiger partial charge in [0, 0.05) is 5.57 Å². The minimum atomic E-state index is -8.55. The molecular weight excluding hydrogens is 548 g/mol. The van der Waals surface area contributed by atoms with Gasteiger partial charge in [0.1, 0.15) is 6.10 Å². The first-order chi connectivity index (χ1) is 15.2. The van der Waals surface area contributed by atoms with E-state index in [2.05, 4.69) is 16.1 Å². The summed E-state index contributed by atoms with van der Waals surface area (Å²) < 4.78 is 217. The van der Waals surface area contributed by atoms with Gasteiger partial charge >= 0.3 is 54.0 Å². The zero-order valence-electron chi connectivity index (χ0n) is 16.5. The molecule has 0 spiro atoms. The molecule has 0 aromatic heterocycles. The van der Waals surface area contributed by atoms with Gasteiger partial charge in [-0.2, -0.15) is 61.5 Å². The van der Waals surface area contributed by atoms with Crippen LogP contribution in [0.2, 0.25) is 0 Å². The van der Waals surface area contributed by atoms with Crippen LogP contribution in [0.1, 0.15) is 6.92 Å². The molecule has 0 bridgehead atoms. The van der Waals surface area contributed by atoms with E-state index in [1.807, 2.05) is 0 Å². The van der Waals surface area contributed by atoms with Crippen molar-refractivity contribution in [2.75, 3.05) is 13.2 Å². The van der Waals surface area contributed by atoms with Crippen molar-refractivity contribution in [2.24, 2.45) is 0 Å². The van der Waals surface area contributed by atoms with E-state index >= 15 is 0 Å². The smallest absolute Gasteiger partial charge is 0.426 e. The zero-order chi connectivity index (χ0) is 28.6. The van der Waals surface area contributed by atoms with Crippen LogP contribution in [0.3, 0.4) is 0 Å². The summed E-state index contributed by atoms with van der Waals surface area (Å²) in [6, 6.07) is 0. The van der Waals surface area contributed by atoms with Crippen LogP contribution in [-0.2, 0) is 14.3 Å². The third kappa shape index (κ3) is 5.26. The topological polar surface area (TPSA) is 55.8 Å². The van der Waals surface area contributed by atoms with Gasteiger partial charge in [-0.25, -0.2) is 13.6 Å². The van der Waals surface area contributed by atoms with E-state index < -0.39 is 78.9 Å². The molecule has 0 saturated heterocycles. The van der Waals surface area contributed by atoms with Crippen LogP contribution < -0.4 is 0 Å². The molecule has 35 heavy (non-hydrogen) atoms. The van der Waals surface area contributed by atoms with E-state index in [1.165, 1.54) is 0 Å². The van der Waals surface area contributed by atoms with Gasteiger partial charge in [0.25, 0.3) is 0 Å². The lowest BCUT2D eigenvalue weighted by Crippen LogP contribution is -2.74. The second-order valence-corrected chi connectivity index (χ2v) is 6.61. The van der Waals surface area contributed by atoms with E-state index in [9.17, 15) is 75.0 Å². The fourth-order valence-corrected chi connectivity index (χ4v) is 1.78. The lowest BCUT2D eigenvalue weighted by atomic mass is 9.91. The Balaban J connectivity index is 6.27.